The zero-order valence-corrected chi connectivity index (χ0v) is 18.2. The van der Waals surface area contributed by atoms with Crippen molar-refractivity contribution in [1.82, 2.24) is 0 Å². The number of carbonyl (C=O) groups excluding carboxylic acids is 1. The summed E-state index contributed by atoms with van der Waals surface area (Å²) in [6, 6.07) is 3.25. The van der Waals surface area contributed by atoms with Crippen molar-refractivity contribution in [3.8, 4) is 0 Å². The van der Waals surface area contributed by atoms with Crippen LogP contribution < -0.4 is 10.4 Å². The van der Waals surface area contributed by atoms with Crippen LogP contribution in [0.1, 0.15) is 64.4 Å². The molecule has 1 heterocycles. The maximum Gasteiger partial charge on any atom is 0.494 e. The molecule has 1 aliphatic rings. The Morgan fingerprint density at radius 1 is 1.11 bits per heavy atom. The van der Waals surface area contributed by atoms with Gasteiger partial charge in [0, 0.05) is 7.05 Å². The fourth-order valence-corrected chi connectivity index (χ4v) is 2.84. The summed E-state index contributed by atoms with van der Waals surface area (Å²) in [5.41, 5.74) is -0.297. The Balaban J connectivity index is 2.50. The molecule has 0 saturated carbocycles. The monoisotopic (exact) mass is 391 g/mol. The fourth-order valence-electron chi connectivity index (χ4n) is 2.84. The van der Waals surface area contributed by atoms with E-state index in [0.29, 0.717) is 16.7 Å². The highest BCUT2D eigenvalue weighted by molar-refractivity contribution is 6.62. The first-order chi connectivity index (χ1) is 12.6. The van der Waals surface area contributed by atoms with Crippen LogP contribution in [0.3, 0.4) is 0 Å². The molecular weight excluding hydrogens is 361 g/mol. The number of anilines is 1. The van der Waals surface area contributed by atoms with Gasteiger partial charge in [0.25, 0.3) is 0 Å². The molecule has 2 rings (SSSR count). The zero-order chi connectivity index (χ0) is 21.7. The minimum atomic E-state index is -1.09. The largest absolute Gasteiger partial charge is 0.494 e. The molecule has 28 heavy (non-hydrogen) atoms. The molecule has 154 valence electrons. The van der Waals surface area contributed by atoms with Crippen molar-refractivity contribution < 1.29 is 28.7 Å². The number of carboxylic acid groups (broad SMARTS) is 1. The van der Waals surface area contributed by atoms with E-state index < -0.39 is 36.0 Å². The molecule has 8 heteroatoms. The Kier molecular flexibility index (Phi) is 5.62. The van der Waals surface area contributed by atoms with E-state index in [1.807, 2.05) is 27.7 Å². The van der Waals surface area contributed by atoms with Crippen molar-refractivity contribution >= 4 is 30.3 Å². The Hall–Kier alpha value is -2.06. The molecule has 1 fully saturated rings. The molecule has 1 saturated heterocycles. The minimum Gasteiger partial charge on any atom is -0.478 e. The van der Waals surface area contributed by atoms with Gasteiger partial charge >= 0.3 is 19.2 Å². The quantitative estimate of drug-likeness (QED) is 0.796. The van der Waals surface area contributed by atoms with Crippen LogP contribution in [-0.2, 0) is 14.0 Å². The Bertz CT molecular complexity index is 781. The molecule has 0 unspecified atom stereocenters. The van der Waals surface area contributed by atoms with Crippen LogP contribution in [-0.4, -0.2) is 48.1 Å². The average molecular weight is 391 g/mol. The summed E-state index contributed by atoms with van der Waals surface area (Å²) in [5.74, 6) is -1.09. The zero-order valence-electron chi connectivity index (χ0n) is 18.2. The van der Waals surface area contributed by atoms with Crippen LogP contribution in [0, 0.1) is 6.92 Å². The SMILES string of the molecule is Cc1c(C(=O)O)cc(B2OC(C)(C)C(C)(C)O2)cc1N(C)C(=O)OC(C)(C)C. The third kappa shape index (κ3) is 4.33. The van der Waals surface area contributed by atoms with Gasteiger partial charge in [-0.1, -0.05) is 0 Å². The van der Waals surface area contributed by atoms with Crippen LogP contribution in [0.5, 0.6) is 0 Å². The van der Waals surface area contributed by atoms with Crippen molar-refractivity contribution in [2.45, 2.75) is 72.2 Å². The second kappa shape index (κ2) is 7.08. The highest BCUT2D eigenvalue weighted by Crippen LogP contribution is 2.37. The molecule has 0 aliphatic carbocycles. The molecule has 1 aliphatic heterocycles. The standard InChI is InChI=1S/C20H30BNO6/c1-12-14(16(23)24)10-13(21-27-19(5,6)20(7,8)28-21)11-15(12)22(9)17(25)26-18(2,3)4/h10-11H,1-9H3,(H,23,24). The molecule has 0 spiro atoms. The van der Waals surface area contributed by atoms with Crippen molar-refractivity contribution in [1.29, 1.82) is 0 Å². The number of hydrogen-bond acceptors (Lipinski definition) is 5. The summed E-state index contributed by atoms with van der Waals surface area (Å²) < 4.78 is 17.5. The number of carboxylic acids is 1. The van der Waals surface area contributed by atoms with Gasteiger partial charge in [-0.25, -0.2) is 9.59 Å². The van der Waals surface area contributed by atoms with Gasteiger partial charge in [-0.05, 0) is 78.5 Å². The topological polar surface area (TPSA) is 85.3 Å². The lowest BCUT2D eigenvalue weighted by molar-refractivity contribution is 0.00578. The highest BCUT2D eigenvalue weighted by atomic mass is 16.7. The first-order valence-corrected chi connectivity index (χ1v) is 9.26. The second-order valence-corrected chi connectivity index (χ2v) is 9.15. The number of benzene rings is 1. The molecule has 0 radical (unpaired) electrons. The van der Waals surface area contributed by atoms with Crippen LogP contribution in [0.25, 0.3) is 0 Å². The molecule has 1 aromatic rings. The van der Waals surface area contributed by atoms with E-state index in [-0.39, 0.29) is 5.56 Å². The molecular formula is C20H30BNO6. The van der Waals surface area contributed by atoms with Crippen LogP contribution in [0.2, 0.25) is 0 Å². The number of ether oxygens (including phenoxy) is 1. The highest BCUT2D eigenvalue weighted by Gasteiger charge is 2.52. The van der Waals surface area contributed by atoms with Gasteiger partial charge in [0.15, 0.2) is 0 Å². The third-order valence-corrected chi connectivity index (χ3v) is 5.19. The maximum atomic E-state index is 12.5. The van der Waals surface area contributed by atoms with E-state index in [4.69, 9.17) is 14.0 Å². The van der Waals surface area contributed by atoms with Gasteiger partial charge in [0.2, 0.25) is 0 Å². The number of hydrogen-bond donors (Lipinski definition) is 1. The molecule has 0 bridgehead atoms. The number of aromatic carboxylic acids is 1. The van der Waals surface area contributed by atoms with Crippen LogP contribution >= 0.6 is 0 Å². The van der Waals surface area contributed by atoms with Gasteiger partial charge in [-0.15, -0.1) is 0 Å². The smallest absolute Gasteiger partial charge is 0.478 e. The predicted molar refractivity (Wildman–Crippen MR) is 108 cm³/mol. The van der Waals surface area contributed by atoms with Gasteiger partial charge < -0.3 is 19.2 Å². The van der Waals surface area contributed by atoms with E-state index in [1.165, 1.54) is 11.0 Å². The average Bonchev–Trinajstić information content (AvgIpc) is 2.73. The third-order valence-electron chi connectivity index (χ3n) is 5.19. The first kappa shape index (κ1) is 22.2. The fraction of sp³-hybridized carbons (Fsp3) is 0.600. The van der Waals surface area contributed by atoms with Gasteiger partial charge in [0.1, 0.15) is 5.60 Å². The molecule has 1 aromatic carbocycles. The molecule has 0 aromatic heterocycles. The maximum absolute atomic E-state index is 12.5. The Morgan fingerprint density at radius 3 is 2.04 bits per heavy atom. The van der Waals surface area contributed by atoms with Crippen molar-refractivity contribution in [2.75, 3.05) is 11.9 Å². The second-order valence-electron chi connectivity index (χ2n) is 9.15. The summed E-state index contributed by atoms with van der Waals surface area (Å²) in [6.07, 6.45) is -0.571. The Labute approximate surface area is 167 Å². The van der Waals surface area contributed by atoms with Crippen LogP contribution in [0.15, 0.2) is 12.1 Å². The van der Waals surface area contributed by atoms with Crippen LogP contribution in [0.4, 0.5) is 10.5 Å². The lowest BCUT2D eigenvalue weighted by Gasteiger charge is -2.32. The predicted octanol–water partition coefficient (Wildman–Crippen LogP) is 3.36. The van der Waals surface area contributed by atoms with Crippen molar-refractivity contribution in [3.63, 3.8) is 0 Å². The summed E-state index contributed by atoms with van der Waals surface area (Å²) in [4.78, 5) is 25.6. The van der Waals surface area contributed by atoms with Gasteiger partial charge in [-0.2, -0.15) is 0 Å². The Morgan fingerprint density at radius 2 is 1.61 bits per heavy atom. The van der Waals surface area contributed by atoms with Gasteiger partial charge in [0.05, 0.1) is 22.5 Å². The lowest BCUT2D eigenvalue weighted by atomic mass is 9.77. The number of amides is 1. The summed E-state index contributed by atoms with van der Waals surface area (Å²) >= 11 is 0. The van der Waals surface area contributed by atoms with Crippen molar-refractivity contribution in [3.05, 3.63) is 23.3 Å². The molecule has 7 nitrogen and oxygen atoms in total. The molecule has 1 amide bonds. The number of rotatable bonds is 3. The van der Waals surface area contributed by atoms with E-state index in [2.05, 4.69) is 0 Å². The van der Waals surface area contributed by atoms with Crippen molar-refractivity contribution in [2.24, 2.45) is 0 Å². The van der Waals surface area contributed by atoms with E-state index in [9.17, 15) is 14.7 Å². The molecule has 1 N–H and O–H groups in total. The summed E-state index contributed by atoms with van der Waals surface area (Å²) in [7, 11) is 0.810. The first-order valence-electron chi connectivity index (χ1n) is 9.26. The number of nitrogens with zero attached hydrogens (tertiary/aromatic N) is 1. The van der Waals surface area contributed by atoms with E-state index in [0.717, 1.165) is 0 Å². The van der Waals surface area contributed by atoms with E-state index in [1.54, 1.807) is 40.8 Å². The summed E-state index contributed by atoms with van der Waals surface area (Å²) in [5, 5.41) is 9.65. The molecule has 0 atom stereocenters. The summed E-state index contributed by atoms with van der Waals surface area (Å²) in [6.45, 7) is 14.7. The minimum absolute atomic E-state index is 0.0811. The normalized spacial score (nSPS) is 18.1. The van der Waals surface area contributed by atoms with Gasteiger partial charge in [-0.3, -0.25) is 4.90 Å². The number of carbonyl (C=O) groups is 2. The lowest BCUT2D eigenvalue weighted by Crippen LogP contribution is -2.41. The van der Waals surface area contributed by atoms with E-state index >= 15 is 0 Å².